The molecule has 1 saturated heterocycles. The van der Waals surface area contributed by atoms with Gasteiger partial charge in [0.15, 0.2) is 0 Å². The molecular formula is C12H21NO. The van der Waals surface area contributed by atoms with Crippen LogP contribution in [-0.2, 0) is 4.79 Å². The number of piperidine rings is 1. The van der Waals surface area contributed by atoms with Crippen molar-refractivity contribution in [3.05, 3.63) is 0 Å². The molecule has 80 valence electrons. The van der Waals surface area contributed by atoms with Gasteiger partial charge in [-0.15, -0.1) is 0 Å². The van der Waals surface area contributed by atoms with Crippen LogP contribution in [0.4, 0.5) is 0 Å². The molecule has 2 unspecified atom stereocenters. The second-order valence-electron chi connectivity index (χ2n) is 4.84. The largest absolute Gasteiger partial charge is 0.305 e. The lowest BCUT2D eigenvalue weighted by Crippen LogP contribution is -2.47. The van der Waals surface area contributed by atoms with Crippen LogP contribution in [0.3, 0.4) is 0 Å². The average Bonchev–Trinajstić information content (AvgIpc) is 2.30. The number of rotatable bonds is 2. The molecule has 2 fully saturated rings. The van der Waals surface area contributed by atoms with Crippen LogP contribution in [0.2, 0.25) is 0 Å². The summed E-state index contributed by atoms with van der Waals surface area (Å²) in [5.74, 6) is 0.853. The van der Waals surface area contributed by atoms with Crippen LogP contribution < -0.4 is 5.32 Å². The zero-order chi connectivity index (χ0) is 9.80. The molecule has 2 aliphatic rings. The fourth-order valence-electron chi connectivity index (χ4n) is 3.01. The smallest absolute Gasteiger partial charge is 0.136 e. The highest BCUT2D eigenvalue weighted by Crippen LogP contribution is 2.30. The van der Waals surface area contributed by atoms with E-state index in [2.05, 4.69) is 5.32 Å². The molecule has 14 heavy (non-hydrogen) atoms. The second kappa shape index (κ2) is 4.92. The highest BCUT2D eigenvalue weighted by Gasteiger charge is 2.28. The fraction of sp³-hybridized carbons (Fsp3) is 0.917. The van der Waals surface area contributed by atoms with Crippen LogP contribution in [-0.4, -0.2) is 18.4 Å². The van der Waals surface area contributed by atoms with Gasteiger partial charge in [0.2, 0.25) is 0 Å². The molecule has 1 heterocycles. The molecule has 2 heteroatoms. The van der Waals surface area contributed by atoms with Gasteiger partial charge in [0.25, 0.3) is 0 Å². The minimum atomic E-state index is 0.149. The highest BCUT2D eigenvalue weighted by atomic mass is 16.1. The van der Waals surface area contributed by atoms with Crippen LogP contribution in [0.25, 0.3) is 0 Å². The van der Waals surface area contributed by atoms with Gasteiger partial charge in [-0.25, -0.2) is 0 Å². The molecule has 0 amide bonds. The third kappa shape index (κ3) is 2.35. The summed E-state index contributed by atoms with van der Waals surface area (Å²) in [5, 5.41) is 3.50. The Hall–Kier alpha value is -0.370. The van der Waals surface area contributed by atoms with Crippen molar-refractivity contribution < 1.29 is 4.79 Å². The van der Waals surface area contributed by atoms with Crippen molar-refractivity contribution in [1.29, 1.82) is 0 Å². The van der Waals surface area contributed by atoms with E-state index in [4.69, 9.17) is 0 Å². The molecule has 1 aliphatic carbocycles. The normalized spacial score (nSPS) is 35.4. The fourth-order valence-corrected chi connectivity index (χ4v) is 3.01. The molecule has 2 atom stereocenters. The molecule has 1 N–H and O–H groups in total. The van der Waals surface area contributed by atoms with Crippen LogP contribution in [0.15, 0.2) is 0 Å². The van der Waals surface area contributed by atoms with E-state index in [0.29, 0.717) is 6.04 Å². The Kier molecular flexibility index (Phi) is 3.57. The summed E-state index contributed by atoms with van der Waals surface area (Å²) >= 11 is 0. The second-order valence-corrected chi connectivity index (χ2v) is 4.84. The van der Waals surface area contributed by atoms with Crippen molar-refractivity contribution in [3.63, 3.8) is 0 Å². The Bertz CT molecular complexity index is 187. The molecule has 0 aromatic heterocycles. The first-order valence-corrected chi connectivity index (χ1v) is 6.11. The van der Waals surface area contributed by atoms with E-state index in [1.165, 1.54) is 44.9 Å². The Morgan fingerprint density at radius 1 is 0.929 bits per heavy atom. The summed E-state index contributed by atoms with van der Waals surface area (Å²) in [7, 11) is 0. The van der Waals surface area contributed by atoms with Gasteiger partial charge in [-0.05, 0) is 38.0 Å². The van der Waals surface area contributed by atoms with Gasteiger partial charge in [-0.3, -0.25) is 0 Å². The standard InChI is InChI=1S/C12H21NO/c14-9-11-7-4-8-12(13-11)10-5-2-1-3-6-10/h9-13H,1-8H2. The first-order valence-electron chi connectivity index (χ1n) is 6.11. The Morgan fingerprint density at radius 2 is 1.71 bits per heavy atom. The maximum Gasteiger partial charge on any atom is 0.136 e. The minimum absolute atomic E-state index is 0.149. The third-order valence-corrected chi connectivity index (χ3v) is 3.84. The SMILES string of the molecule is O=CC1CCCC(C2CCCCC2)N1. The van der Waals surface area contributed by atoms with Crippen LogP contribution >= 0.6 is 0 Å². The van der Waals surface area contributed by atoms with E-state index in [9.17, 15) is 4.79 Å². The number of hydrogen-bond donors (Lipinski definition) is 1. The zero-order valence-electron chi connectivity index (χ0n) is 8.87. The molecule has 2 rings (SSSR count). The summed E-state index contributed by atoms with van der Waals surface area (Å²) in [6.07, 6.45) is 11.6. The maximum atomic E-state index is 10.7. The molecule has 2 nitrogen and oxygen atoms in total. The first kappa shape index (κ1) is 10.2. The van der Waals surface area contributed by atoms with Gasteiger partial charge in [0.1, 0.15) is 6.29 Å². The zero-order valence-corrected chi connectivity index (χ0v) is 8.87. The first-order chi connectivity index (χ1) is 6.90. The van der Waals surface area contributed by atoms with E-state index in [-0.39, 0.29) is 6.04 Å². The topological polar surface area (TPSA) is 29.1 Å². The van der Waals surface area contributed by atoms with E-state index >= 15 is 0 Å². The van der Waals surface area contributed by atoms with Crippen LogP contribution in [0.1, 0.15) is 51.4 Å². The maximum absolute atomic E-state index is 10.7. The quantitative estimate of drug-likeness (QED) is 0.685. The third-order valence-electron chi connectivity index (χ3n) is 3.84. The Labute approximate surface area is 86.5 Å². The van der Waals surface area contributed by atoms with Crippen molar-refractivity contribution in [1.82, 2.24) is 5.32 Å². The van der Waals surface area contributed by atoms with Gasteiger partial charge in [0.05, 0.1) is 6.04 Å². The monoisotopic (exact) mass is 195 g/mol. The molecule has 0 spiro atoms. The van der Waals surface area contributed by atoms with E-state index in [1.54, 1.807) is 0 Å². The predicted octanol–water partition coefficient (Wildman–Crippen LogP) is 2.28. The number of hydrogen-bond acceptors (Lipinski definition) is 2. The molecule has 0 aromatic rings. The number of aldehydes is 1. The molecule has 1 saturated carbocycles. The van der Waals surface area contributed by atoms with Gasteiger partial charge >= 0.3 is 0 Å². The summed E-state index contributed by atoms with van der Waals surface area (Å²) in [4.78, 5) is 10.7. The Morgan fingerprint density at radius 3 is 2.43 bits per heavy atom. The van der Waals surface area contributed by atoms with E-state index < -0.39 is 0 Å². The summed E-state index contributed by atoms with van der Waals surface area (Å²) in [6, 6.07) is 0.787. The van der Waals surface area contributed by atoms with Gasteiger partial charge in [-0.1, -0.05) is 19.3 Å². The van der Waals surface area contributed by atoms with Gasteiger partial charge < -0.3 is 10.1 Å². The summed E-state index contributed by atoms with van der Waals surface area (Å²) < 4.78 is 0. The summed E-state index contributed by atoms with van der Waals surface area (Å²) in [5.41, 5.74) is 0. The molecule has 0 aromatic carbocycles. The van der Waals surface area contributed by atoms with E-state index in [1.807, 2.05) is 0 Å². The lowest BCUT2D eigenvalue weighted by Gasteiger charge is -2.36. The summed E-state index contributed by atoms with van der Waals surface area (Å²) in [6.45, 7) is 0. The van der Waals surface area contributed by atoms with Crippen molar-refractivity contribution >= 4 is 6.29 Å². The molecular weight excluding hydrogens is 174 g/mol. The van der Waals surface area contributed by atoms with Crippen molar-refractivity contribution in [3.8, 4) is 0 Å². The van der Waals surface area contributed by atoms with E-state index in [0.717, 1.165) is 18.6 Å². The molecule has 0 bridgehead atoms. The van der Waals surface area contributed by atoms with Crippen molar-refractivity contribution in [2.24, 2.45) is 5.92 Å². The van der Waals surface area contributed by atoms with Crippen LogP contribution in [0.5, 0.6) is 0 Å². The minimum Gasteiger partial charge on any atom is -0.305 e. The number of nitrogens with one attached hydrogen (secondary N) is 1. The highest BCUT2D eigenvalue weighted by molar-refractivity contribution is 5.57. The molecule has 1 aliphatic heterocycles. The number of carbonyl (C=O) groups is 1. The lowest BCUT2D eigenvalue weighted by molar-refractivity contribution is -0.110. The van der Waals surface area contributed by atoms with Crippen LogP contribution in [0, 0.1) is 5.92 Å². The van der Waals surface area contributed by atoms with Crippen molar-refractivity contribution in [2.45, 2.75) is 63.5 Å². The predicted molar refractivity (Wildman–Crippen MR) is 57.2 cm³/mol. The molecule has 0 radical (unpaired) electrons. The van der Waals surface area contributed by atoms with Crippen molar-refractivity contribution in [2.75, 3.05) is 0 Å². The average molecular weight is 195 g/mol. The lowest BCUT2D eigenvalue weighted by atomic mass is 9.80. The Balaban J connectivity index is 1.86. The van der Waals surface area contributed by atoms with Gasteiger partial charge in [-0.2, -0.15) is 0 Å². The van der Waals surface area contributed by atoms with Gasteiger partial charge in [0, 0.05) is 6.04 Å². The number of carbonyl (C=O) groups excluding carboxylic acids is 1.